The second kappa shape index (κ2) is 21.5. The smallest absolute Gasteiger partial charge is 0.0414 e. The van der Waals surface area contributed by atoms with Gasteiger partial charge in [0.15, 0.2) is 0 Å². The minimum atomic E-state index is -0.904. The third-order valence-corrected chi connectivity index (χ3v) is 7.54. The van der Waals surface area contributed by atoms with Crippen LogP contribution in [0.4, 0.5) is 0 Å². The van der Waals surface area contributed by atoms with E-state index in [-0.39, 0.29) is 12.8 Å². The van der Waals surface area contributed by atoms with Crippen LogP contribution in [0.5, 0.6) is 0 Å². The molecule has 0 spiro atoms. The summed E-state index contributed by atoms with van der Waals surface area (Å²) in [6, 6.07) is 0. The second-order valence-corrected chi connectivity index (χ2v) is 11.5. The first-order valence-electron chi connectivity index (χ1n) is 15.1. The third kappa shape index (κ3) is 24.1. The summed E-state index contributed by atoms with van der Waals surface area (Å²) in [6.07, 6.45) is 28.0. The Morgan fingerprint density at radius 3 is 1.08 bits per heavy atom. The van der Waals surface area contributed by atoms with Gasteiger partial charge in [0.05, 0.1) is 0 Å². The molecule has 3 fully saturated rings. The zero-order valence-electron chi connectivity index (χ0n) is 23.2. The number of unbranched alkanes of at least 4 members (excludes halogenated alkanes) is 10. The number of aliphatic carboxylic acids is 2. The Hall–Kier alpha value is -1.58. The Bertz CT molecular complexity index is 550. The zero-order valence-corrected chi connectivity index (χ0v) is 23.2. The van der Waals surface area contributed by atoms with Crippen molar-refractivity contribution in [2.75, 3.05) is 0 Å². The second-order valence-electron chi connectivity index (χ2n) is 11.5. The molecule has 0 saturated heterocycles. The van der Waals surface area contributed by atoms with E-state index in [9.17, 15) is 19.8 Å². The van der Waals surface area contributed by atoms with Crippen LogP contribution in [0.15, 0.2) is 24.3 Å². The molecule has 4 heteroatoms. The van der Waals surface area contributed by atoms with Gasteiger partial charge in [-0.15, -0.1) is 0 Å². The van der Waals surface area contributed by atoms with Gasteiger partial charge >= 0.3 is 0 Å². The first kappa shape index (κ1) is 32.4. The fourth-order valence-corrected chi connectivity index (χ4v) is 4.59. The summed E-state index contributed by atoms with van der Waals surface area (Å²) < 4.78 is 0. The van der Waals surface area contributed by atoms with Crippen LogP contribution in [0, 0.1) is 11.8 Å². The number of carbonyl (C=O) groups is 2. The highest BCUT2D eigenvalue weighted by Gasteiger charge is 2.20. The normalized spacial score (nSPS) is 17.0. The van der Waals surface area contributed by atoms with Gasteiger partial charge in [-0.05, 0) is 63.2 Å². The highest BCUT2D eigenvalue weighted by molar-refractivity contribution is 5.64. The SMILES string of the molecule is C=C1CCC(=C)CC1.O=C([O-])CCCCCCCCC1CC1.O=C([O-])CCCCCCCCC1CC1. The summed E-state index contributed by atoms with van der Waals surface area (Å²) in [7, 11) is 0. The summed E-state index contributed by atoms with van der Waals surface area (Å²) in [5.41, 5.74) is 2.80. The van der Waals surface area contributed by atoms with Crippen LogP contribution in [-0.2, 0) is 9.59 Å². The lowest BCUT2D eigenvalue weighted by atomic mass is 9.93. The number of allylic oxidation sites excluding steroid dienone is 2. The molecule has 0 radical (unpaired) electrons. The molecule has 0 amide bonds. The number of rotatable bonds is 18. The van der Waals surface area contributed by atoms with Crippen molar-refractivity contribution >= 4 is 11.9 Å². The van der Waals surface area contributed by atoms with E-state index in [1.54, 1.807) is 0 Å². The van der Waals surface area contributed by atoms with Crippen molar-refractivity contribution in [3.63, 3.8) is 0 Å². The molecular formula is C32H54O4-2. The average Bonchev–Trinajstić information content (AvgIpc) is 3.76. The fourth-order valence-electron chi connectivity index (χ4n) is 4.59. The topological polar surface area (TPSA) is 80.3 Å². The van der Waals surface area contributed by atoms with Gasteiger partial charge in [-0.25, -0.2) is 0 Å². The third-order valence-electron chi connectivity index (χ3n) is 7.54. The van der Waals surface area contributed by atoms with Gasteiger partial charge < -0.3 is 19.8 Å². The van der Waals surface area contributed by atoms with Gasteiger partial charge in [-0.3, -0.25) is 0 Å². The van der Waals surface area contributed by atoms with Crippen molar-refractivity contribution in [3.8, 4) is 0 Å². The molecule has 0 aliphatic heterocycles. The van der Waals surface area contributed by atoms with E-state index in [0.29, 0.717) is 0 Å². The average molecular weight is 503 g/mol. The lowest BCUT2D eigenvalue weighted by Crippen LogP contribution is -2.21. The monoisotopic (exact) mass is 502 g/mol. The van der Waals surface area contributed by atoms with Crippen LogP contribution in [0.1, 0.15) is 154 Å². The molecule has 0 heterocycles. The van der Waals surface area contributed by atoms with Crippen molar-refractivity contribution in [1.82, 2.24) is 0 Å². The standard InChI is InChI=1S/2C12H22O2.C8H12/c2*13-12(14)8-6-4-2-1-3-5-7-11-9-10-11;1-7-3-5-8(2)6-4-7/h2*11H,1-10H2,(H,13,14);1-6H2/p-2. The zero-order chi connectivity index (χ0) is 26.4. The summed E-state index contributed by atoms with van der Waals surface area (Å²) in [5, 5.41) is 20.2. The van der Waals surface area contributed by atoms with Gasteiger partial charge in [0, 0.05) is 11.9 Å². The van der Waals surface area contributed by atoms with Crippen molar-refractivity contribution < 1.29 is 19.8 Å². The molecule has 0 aromatic carbocycles. The first-order chi connectivity index (χ1) is 17.4. The predicted octanol–water partition coefficient (Wildman–Crippen LogP) is 7.21. The van der Waals surface area contributed by atoms with Crippen molar-refractivity contribution in [2.45, 2.75) is 154 Å². The lowest BCUT2D eigenvalue weighted by Gasteiger charge is -2.13. The number of carboxylic acid groups (broad SMARTS) is 2. The van der Waals surface area contributed by atoms with Gasteiger partial charge in [0.25, 0.3) is 0 Å². The molecule has 3 aliphatic rings. The van der Waals surface area contributed by atoms with E-state index in [0.717, 1.165) is 37.5 Å². The van der Waals surface area contributed by atoms with Crippen LogP contribution < -0.4 is 10.2 Å². The van der Waals surface area contributed by atoms with Crippen molar-refractivity contribution in [2.24, 2.45) is 11.8 Å². The summed E-state index contributed by atoms with van der Waals surface area (Å²) in [4.78, 5) is 20.2. The van der Waals surface area contributed by atoms with Crippen LogP contribution >= 0.6 is 0 Å². The van der Waals surface area contributed by atoms with E-state index in [1.807, 2.05) is 0 Å². The molecule has 3 aliphatic carbocycles. The molecular weight excluding hydrogens is 448 g/mol. The predicted molar refractivity (Wildman–Crippen MR) is 146 cm³/mol. The molecule has 0 bridgehead atoms. The Balaban J connectivity index is 0.000000281. The minimum Gasteiger partial charge on any atom is -0.550 e. The molecule has 0 unspecified atom stereocenters. The lowest BCUT2D eigenvalue weighted by molar-refractivity contribution is -0.307. The molecule has 0 atom stereocenters. The summed E-state index contributed by atoms with van der Waals surface area (Å²) >= 11 is 0. The Morgan fingerprint density at radius 1 is 0.528 bits per heavy atom. The van der Waals surface area contributed by atoms with Crippen LogP contribution in [0.2, 0.25) is 0 Å². The van der Waals surface area contributed by atoms with Gasteiger partial charge in [0.2, 0.25) is 0 Å². The van der Waals surface area contributed by atoms with Crippen molar-refractivity contribution in [1.29, 1.82) is 0 Å². The van der Waals surface area contributed by atoms with Crippen LogP contribution in [0.3, 0.4) is 0 Å². The van der Waals surface area contributed by atoms with Gasteiger partial charge in [-0.2, -0.15) is 0 Å². The van der Waals surface area contributed by atoms with E-state index >= 15 is 0 Å². The maximum absolute atomic E-state index is 10.1. The first-order valence-corrected chi connectivity index (χ1v) is 15.1. The summed E-state index contributed by atoms with van der Waals surface area (Å²) in [6.45, 7) is 7.82. The van der Waals surface area contributed by atoms with Gasteiger partial charge in [0.1, 0.15) is 0 Å². The molecule has 0 aromatic rings. The number of hydrogen-bond donors (Lipinski definition) is 0. The largest absolute Gasteiger partial charge is 0.550 e. The maximum Gasteiger partial charge on any atom is 0.0414 e. The molecule has 0 aromatic heterocycles. The fraction of sp³-hybridized carbons (Fsp3) is 0.812. The van der Waals surface area contributed by atoms with E-state index in [4.69, 9.17) is 0 Å². The Morgan fingerprint density at radius 2 is 0.806 bits per heavy atom. The minimum absolute atomic E-state index is 0.238. The quantitative estimate of drug-likeness (QED) is 0.146. The Labute approximate surface area is 222 Å². The Kier molecular flexibility index (Phi) is 19.4. The maximum atomic E-state index is 10.1. The van der Waals surface area contributed by atoms with Crippen LogP contribution in [-0.4, -0.2) is 11.9 Å². The number of carboxylic acids is 2. The summed E-state index contributed by atoms with van der Waals surface area (Å²) in [5.74, 6) is 0.318. The highest BCUT2D eigenvalue weighted by Crippen LogP contribution is 2.34. The molecule has 0 N–H and O–H groups in total. The molecule has 208 valence electrons. The van der Waals surface area contributed by atoms with E-state index in [2.05, 4.69) is 13.2 Å². The molecule has 3 rings (SSSR count). The van der Waals surface area contributed by atoms with Gasteiger partial charge in [-0.1, -0.05) is 127 Å². The van der Waals surface area contributed by atoms with E-state index in [1.165, 1.54) is 127 Å². The molecule has 3 saturated carbocycles. The number of carbonyl (C=O) groups excluding carboxylic acids is 2. The van der Waals surface area contributed by atoms with Crippen LogP contribution in [0.25, 0.3) is 0 Å². The molecule has 36 heavy (non-hydrogen) atoms. The van der Waals surface area contributed by atoms with E-state index < -0.39 is 11.9 Å². The number of hydrogen-bond acceptors (Lipinski definition) is 4. The molecule has 4 nitrogen and oxygen atoms in total. The highest BCUT2D eigenvalue weighted by atomic mass is 16.4. The van der Waals surface area contributed by atoms with Crippen molar-refractivity contribution in [3.05, 3.63) is 24.3 Å².